The predicted octanol–water partition coefficient (Wildman–Crippen LogP) is 5.75. The van der Waals surface area contributed by atoms with E-state index in [2.05, 4.69) is 32.9 Å². The van der Waals surface area contributed by atoms with E-state index in [1.54, 1.807) is 18.6 Å². The lowest BCUT2D eigenvalue weighted by Gasteiger charge is -2.21. The van der Waals surface area contributed by atoms with Gasteiger partial charge in [0.2, 0.25) is 0 Å². The summed E-state index contributed by atoms with van der Waals surface area (Å²) in [5, 5.41) is 2.53. The molecule has 0 saturated heterocycles. The Labute approximate surface area is 219 Å². The van der Waals surface area contributed by atoms with Crippen molar-refractivity contribution in [1.82, 2.24) is 24.5 Å². The molecule has 4 heterocycles. The van der Waals surface area contributed by atoms with Crippen LogP contribution in [0, 0.1) is 0 Å². The van der Waals surface area contributed by atoms with Crippen LogP contribution in [0.2, 0.25) is 0 Å². The maximum Gasteiger partial charge on any atom is 0.316 e. The second-order valence-electron chi connectivity index (χ2n) is 9.21. The Balaban J connectivity index is 1.55. The summed E-state index contributed by atoms with van der Waals surface area (Å²) in [6.07, 6.45) is 7.61. The van der Waals surface area contributed by atoms with E-state index in [4.69, 9.17) is 4.74 Å². The van der Waals surface area contributed by atoms with E-state index in [0.29, 0.717) is 11.8 Å². The molecule has 6 aromatic rings. The minimum Gasteiger partial charge on any atom is -0.467 e. The Kier molecular flexibility index (Phi) is 6.09. The molecule has 4 aromatic heterocycles. The van der Waals surface area contributed by atoms with Crippen molar-refractivity contribution in [3.63, 3.8) is 0 Å². The first-order valence-electron chi connectivity index (χ1n) is 12.4. The maximum atomic E-state index is 14.3. The molecular formula is C31H25N5O2. The van der Waals surface area contributed by atoms with E-state index >= 15 is 0 Å². The Bertz CT molecular complexity index is 1810. The van der Waals surface area contributed by atoms with Gasteiger partial charge in [-0.3, -0.25) is 19.3 Å². The first-order chi connectivity index (χ1) is 18.6. The fraction of sp³-hybridized carbons (Fsp3) is 0.129. The second-order valence-corrected chi connectivity index (χ2v) is 9.21. The highest BCUT2D eigenvalue weighted by molar-refractivity contribution is 5.96. The SMILES string of the molecule is COc1ncc(-c2cccc3cc([C@H](C)Cc4nccc5cccnc45)n(-c4ccccc4)c(=O)c23)cn1. The zero-order chi connectivity index (χ0) is 26.1. The van der Waals surface area contributed by atoms with Crippen molar-refractivity contribution in [1.29, 1.82) is 0 Å². The van der Waals surface area contributed by atoms with Crippen molar-refractivity contribution in [2.45, 2.75) is 19.3 Å². The molecule has 7 nitrogen and oxygen atoms in total. The average Bonchev–Trinajstić information content (AvgIpc) is 2.97. The highest BCUT2D eigenvalue weighted by Gasteiger charge is 2.20. The number of benzene rings is 2. The molecule has 38 heavy (non-hydrogen) atoms. The fourth-order valence-electron chi connectivity index (χ4n) is 5.00. The Hall–Kier alpha value is -4.91. The maximum absolute atomic E-state index is 14.3. The Morgan fingerprint density at radius 3 is 2.42 bits per heavy atom. The summed E-state index contributed by atoms with van der Waals surface area (Å²) in [5.74, 6) is -0.0135. The van der Waals surface area contributed by atoms with Gasteiger partial charge in [0.05, 0.1) is 23.7 Å². The van der Waals surface area contributed by atoms with Gasteiger partial charge in [-0.15, -0.1) is 0 Å². The predicted molar refractivity (Wildman–Crippen MR) is 149 cm³/mol. The second kappa shape index (κ2) is 9.86. The molecule has 0 aliphatic heterocycles. The van der Waals surface area contributed by atoms with Crippen LogP contribution in [-0.4, -0.2) is 31.6 Å². The third-order valence-electron chi connectivity index (χ3n) is 6.81. The lowest BCUT2D eigenvalue weighted by atomic mass is 9.95. The number of fused-ring (bicyclic) bond motifs is 2. The summed E-state index contributed by atoms with van der Waals surface area (Å²) in [6, 6.07) is 24.0. The monoisotopic (exact) mass is 499 g/mol. The molecule has 0 spiro atoms. The number of ether oxygens (including phenoxy) is 1. The van der Waals surface area contributed by atoms with Gasteiger partial charge in [0.15, 0.2) is 0 Å². The molecule has 1 atom stereocenters. The number of hydrogen-bond donors (Lipinski definition) is 0. The normalized spacial score (nSPS) is 12.1. The fourth-order valence-corrected chi connectivity index (χ4v) is 5.00. The van der Waals surface area contributed by atoms with Gasteiger partial charge in [-0.25, -0.2) is 9.97 Å². The van der Waals surface area contributed by atoms with E-state index in [-0.39, 0.29) is 17.5 Å². The summed E-state index contributed by atoms with van der Waals surface area (Å²) in [7, 11) is 1.53. The van der Waals surface area contributed by atoms with E-state index in [1.165, 1.54) is 7.11 Å². The smallest absolute Gasteiger partial charge is 0.316 e. The molecule has 186 valence electrons. The van der Waals surface area contributed by atoms with Crippen LogP contribution in [-0.2, 0) is 6.42 Å². The zero-order valence-corrected chi connectivity index (χ0v) is 21.1. The first kappa shape index (κ1) is 23.5. The molecule has 0 amide bonds. The molecule has 0 N–H and O–H groups in total. The van der Waals surface area contributed by atoms with Gasteiger partial charge in [-0.1, -0.05) is 49.4 Å². The van der Waals surface area contributed by atoms with Gasteiger partial charge in [-0.05, 0) is 47.7 Å². The summed E-state index contributed by atoms with van der Waals surface area (Å²) < 4.78 is 6.93. The lowest BCUT2D eigenvalue weighted by molar-refractivity contribution is 0.380. The summed E-state index contributed by atoms with van der Waals surface area (Å²) in [6.45, 7) is 2.13. The molecule has 0 bridgehead atoms. The summed E-state index contributed by atoms with van der Waals surface area (Å²) in [5.41, 5.74) is 4.95. The van der Waals surface area contributed by atoms with Gasteiger partial charge in [0, 0.05) is 53.0 Å². The van der Waals surface area contributed by atoms with E-state index < -0.39 is 0 Å². The van der Waals surface area contributed by atoms with E-state index in [1.807, 2.05) is 77.5 Å². The topological polar surface area (TPSA) is 82.8 Å². The van der Waals surface area contributed by atoms with Crippen molar-refractivity contribution in [3.05, 3.63) is 119 Å². The van der Waals surface area contributed by atoms with Crippen LogP contribution >= 0.6 is 0 Å². The first-order valence-corrected chi connectivity index (χ1v) is 12.4. The van der Waals surface area contributed by atoms with Crippen molar-refractivity contribution < 1.29 is 4.74 Å². The molecule has 0 radical (unpaired) electrons. The van der Waals surface area contributed by atoms with Gasteiger partial charge in [-0.2, -0.15) is 0 Å². The van der Waals surface area contributed by atoms with Crippen molar-refractivity contribution in [2.75, 3.05) is 7.11 Å². The number of rotatable bonds is 6. The molecule has 0 aliphatic rings. The zero-order valence-electron chi connectivity index (χ0n) is 21.1. The van der Waals surface area contributed by atoms with Gasteiger partial charge < -0.3 is 4.74 Å². The van der Waals surface area contributed by atoms with Crippen molar-refractivity contribution >= 4 is 21.7 Å². The summed E-state index contributed by atoms with van der Waals surface area (Å²) in [4.78, 5) is 32.0. The highest BCUT2D eigenvalue weighted by Crippen LogP contribution is 2.31. The highest BCUT2D eigenvalue weighted by atomic mass is 16.5. The van der Waals surface area contributed by atoms with Crippen LogP contribution in [0.3, 0.4) is 0 Å². The number of pyridine rings is 3. The van der Waals surface area contributed by atoms with Gasteiger partial charge in [0.25, 0.3) is 5.56 Å². The van der Waals surface area contributed by atoms with Crippen molar-refractivity contribution in [3.8, 4) is 22.8 Å². The molecule has 0 unspecified atom stereocenters. The largest absolute Gasteiger partial charge is 0.467 e. The molecule has 0 saturated carbocycles. The number of nitrogens with zero attached hydrogens (tertiary/aromatic N) is 5. The Morgan fingerprint density at radius 2 is 1.63 bits per heavy atom. The third kappa shape index (κ3) is 4.18. The van der Waals surface area contributed by atoms with Crippen LogP contribution in [0.4, 0.5) is 0 Å². The molecule has 7 heteroatoms. The molecule has 0 aliphatic carbocycles. The molecule has 0 fully saturated rings. The van der Waals surface area contributed by atoms with Crippen LogP contribution in [0.25, 0.3) is 38.5 Å². The van der Waals surface area contributed by atoms with Crippen LogP contribution in [0.5, 0.6) is 6.01 Å². The summed E-state index contributed by atoms with van der Waals surface area (Å²) >= 11 is 0. The van der Waals surface area contributed by atoms with Gasteiger partial charge in [0.1, 0.15) is 0 Å². The minimum atomic E-state index is -0.0917. The van der Waals surface area contributed by atoms with E-state index in [0.717, 1.165) is 44.5 Å². The standard InChI is InChI=1S/C31H25N5O2/c1-20(16-26-29-21(13-15-32-26)9-7-14-33-29)27-17-22-8-6-12-25(23-18-34-31(38-2)35-19-23)28(22)30(37)36(27)24-10-4-3-5-11-24/h3-15,17-20H,16H2,1-2H3/t20-/m1/s1. The molecular weight excluding hydrogens is 474 g/mol. The van der Waals surface area contributed by atoms with Crippen LogP contribution < -0.4 is 10.3 Å². The number of para-hydroxylation sites is 1. The van der Waals surface area contributed by atoms with Crippen LogP contribution in [0.1, 0.15) is 24.2 Å². The van der Waals surface area contributed by atoms with Crippen molar-refractivity contribution in [2.24, 2.45) is 0 Å². The number of methoxy groups -OCH3 is 1. The molecule has 2 aromatic carbocycles. The van der Waals surface area contributed by atoms with Crippen LogP contribution in [0.15, 0.2) is 102 Å². The Morgan fingerprint density at radius 1 is 0.842 bits per heavy atom. The quantitative estimate of drug-likeness (QED) is 0.290. The van der Waals surface area contributed by atoms with E-state index in [9.17, 15) is 4.79 Å². The lowest BCUT2D eigenvalue weighted by Crippen LogP contribution is -2.24. The molecule has 6 rings (SSSR count). The number of hydrogen-bond acceptors (Lipinski definition) is 6. The van der Waals surface area contributed by atoms with Gasteiger partial charge >= 0.3 is 6.01 Å². The third-order valence-corrected chi connectivity index (χ3v) is 6.81. The number of aromatic nitrogens is 5. The minimum absolute atomic E-state index is 0.0135. The average molecular weight is 500 g/mol.